The molecule has 0 unspecified atom stereocenters. The monoisotopic (exact) mass is 226 g/mol. The van der Waals surface area contributed by atoms with E-state index in [2.05, 4.69) is 5.10 Å². The van der Waals surface area contributed by atoms with E-state index in [1.54, 1.807) is 10.7 Å². The Morgan fingerprint density at radius 1 is 1.47 bits per heavy atom. The van der Waals surface area contributed by atoms with Crippen LogP contribution in [0.4, 0.5) is 4.39 Å². The van der Waals surface area contributed by atoms with Gasteiger partial charge in [0.15, 0.2) is 5.75 Å². The predicted octanol–water partition coefficient (Wildman–Crippen LogP) is 2.43. The Morgan fingerprint density at radius 2 is 2.27 bits per heavy atom. The fraction of sp³-hybridized carbons (Fsp3) is 0.100. The van der Waals surface area contributed by atoms with Crippen molar-refractivity contribution in [2.24, 2.45) is 0 Å². The third-order valence-electron chi connectivity index (χ3n) is 1.95. The second kappa shape index (κ2) is 3.90. The summed E-state index contributed by atoms with van der Waals surface area (Å²) in [6.07, 6.45) is 2.82. The number of rotatable bonds is 2. The van der Waals surface area contributed by atoms with E-state index in [9.17, 15) is 4.39 Å². The Labute approximate surface area is 90.7 Å². The molecule has 0 atom stereocenters. The van der Waals surface area contributed by atoms with Crippen molar-refractivity contribution in [1.82, 2.24) is 9.78 Å². The Morgan fingerprint density at radius 3 is 2.87 bits per heavy atom. The number of nitrogens with zero attached hydrogens (tertiary/aromatic N) is 2. The maximum absolute atomic E-state index is 12.8. The first-order valence-electron chi connectivity index (χ1n) is 4.30. The molecule has 0 bridgehead atoms. The lowest BCUT2D eigenvalue weighted by Gasteiger charge is -2.02. The van der Waals surface area contributed by atoms with Gasteiger partial charge in [0, 0.05) is 0 Å². The summed E-state index contributed by atoms with van der Waals surface area (Å²) in [6.45, 7) is 0.445. The first-order valence-corrected chi connectivity index (χ1v) is 4.68. The van der Waals surface area contributed by atoms with Crippen molar-refractivity contribution < 1.29 is 9.50 Å². The molecule has 0 saturated carbocycles. The molecule has 1 aromatic heterocycles. The maximum Gasteiger partial charge on any atom is 0.153 e. The molecule has 1 N–H and O–H groups in total. The van der Waals surface area contributed by atoms with E-state index in [4.69, 9.17) is 16.7 Å². The lowest BCUT2D eigenvalue weighted by molar-refractivity contribution is 0.474. The summed E-state index contributed by atoms with van der Waals surface area (Å²) in [4.78, 5) is 0. The molecule has 2 aromatic rings. The lowest BCUT2D eigenvalue weighted by atomic mass is 10.2. The van der Waals surface area contributed by atoms with E-state index in [0.29, 0.717) is 6.54 Å². The maximum atomic E-state index is 12.8. The standard InChI is InChI=1S/C10H8ClFN2O/c11-9-3-7(1-2-10(9)12)5-14-6-8(15)4-13-14/h1-4,6,15H,5H2. The Hall–Kier alpha value is -1.55. The van der Waals surface area contributed by atoms with Gasteiger partial charge in [-0.2, -0.15) is 5.10 Å². The van der Waals surface area contributed by atoms with E-state index >= 15 is 0 Å². The molecule has 0 aliphatic rings. The summed E-state index contributed by atoms with van der Waals surface area (Å²) in [7, 11) is 0. The van der Waals surface area contributed by atoms with E-state index < -0.39 is 5.82 Å². The molecule has 0 aliphatic heterocycles. The molecule has 0 spiro atoms. The van der Waals surface area contributed by atoms with Crippen LogP contribution >= 0.6 is 11.6 Å². The van der Waals surface area contributed by atoms with Crippen molar-refractivity contribution in [3.63, 3.8) is 0 Å². The second-order valence-corrected chi connectivity index (χ2v) is 3.55. The summed E-state index contributed by atoms with van der Waals surface area (Å²) < 4.78 is 14.4. The molecule has 5 heteroatoms. The molecule has 0 radical (unpaired) electrons. The first-order chi connectivity index (χ1) is 7.15. The molecule has 3 nitrogen and oxygen atoms in total. The quantitative estimate of drug-likeness (QED) is 0.854. The van der Waals surface area contributed by atoms with Gasteiger partial charge in [-0.05, 0) is 17.7 Å². The number of aromatic nitrogens is 2. The highest BCUT2D eigenvalue weighted by Gasteiger charge is 2.02. The Bertz CT molecular complexity index is 484. The van der Waals surface area contributed by atoms with Crippen LogP contribution in [0, 0.1) is 5.82 Å². The van der Waals surface area contributed by atoms with Crippen LogP contribution < -0.4 is 0 Å². The fourth-order valence-corrected chi connectivity index (χ4v) is 1.47. The molecule has 0 fully saturated rings. The van der Waals surface area contributed by atoms with Crippen LogP contribution in [0.15, 0.2) is 30.6 Å². The van der Waals surface area contributed by atoms with E-state index in [0.717, 1.165) is 5.56 Å². The minimum absolute atomic E-state index is 0.0869. The Balaban J connectivity index is 2.21. The van der Waals surface area contributed by atoms with Gasteiger partial charge in [-0.15, -0.1) is 0 Å². The molecular formula is C10H8ClFN2O. The van der Waals surface area contributed by atoms with Crippen LogP contribution in [0.5, 0.6) is 5.75 Å². The highest BCUT2D eigenvalue weighted by molar-refractivity contribution is 6.30. The van der Waals surface area contributed by atoms with Crippen LogP contribution in [-0.2, 0) is 6.54 Å². The zero-order valence-corrected chi connectivity index (χ0v) is 8.45. The largest absolute Gasteiger partial charge is 0.505 e. The van der Waals surface area contributed by atoms with E-state index in [-0.39, 0.29) is 10.8 Å². The summed E-state index contributed by atoms with van der Waals surface area (Å²) in [5, 5.41) is 13.0. The van der Waals surface area contributed by atoms with Gasteiger partial charge >= 0.3 is 0 Å². The van der Waals surface area contributed by atoms with Crippen molar-refractivity contribution in [2.45, 2.75) is 6.54 Å². The molecule has 0 amide bonds. The molecule has 0 aliphatic carbocycles. The van der Waals surface area contributed by atoms with Crippen molar-refractivity contribution in [3.8, 4) is 5.75 Å². The molecule has 78 valence electrons. The van der Waals surface area contributed by atoms with E-state index in [1.807, 2.05) is 0 Å². The van der Waals surface area contributed by atoms with Crippen molar-refractivity contribution >= 4 is 11.6 Å². The van der Waals surface area contributed by atoms with Gasteiger partial charge in [-0.3, -0.25) is 4.68 Å². The molecule has 2 rings (SSSR count). The van der Waals surface area contributed by atoms with Gasteiger partial charge in [-0.1, -0.05) is 17.7 Å². The van der Waals surface area contributed by atoms with Gasteiger partial charge < -0.3 is 5.11 Å². The minimum Gasteiger partial charge on any atom is -0.505 e. The van der Waals surface area contributed by atoms with Crippen LogP contribution in [0.3, 0.4) is 0 Å². The zero-order valence-electron chi connectivity index (χ0n) is 7.69. The number of benzene rings is 1. The number of hydrogen-bond acceptors (Lipinski definition) is 2. The summed E-state index contributed by atoms with van der Waals surface area (Å²) in [5.41, 5.74) is 0.824. The number of aromatic hydroxyl groups is 1. The van der Waals surface area contributed by atoms with Gasteiger partial charge in [0.05, 0.1) is 24.0 Å². The van der Waals surface area contributed by atoms with Crippen LogP contribution in [0.2, 0.25) is 5.02 Å². The zero-order chi connectivity index (χ0) is 10.8. The van der Waals surface area contributed by atoms with Crippen molar-refractivity contribution in [1.29, 1.82) is 0 Å². The summed E-state index contributed by atoms with van der Waals surface area (Å²) >= 11 is 5.63. The molecule has 1 aromatic carbocycles. The van der Waals surface area contributed by atoms with Crippen LogP contribution in [-0.4, -0.2) is 14.9 Å². The third kappa shape index (κ3) is 2.27. The SMILES string of the molecule is Oc1cnn(Cc2ccc(F)c(Cl)c2)c1. The highest BCUT2D eigenvalue weighted by atomic mass is 35.5. The third-order valence-corrected chi connectivity index (χ3v) is 2.24. The van der Waals surface area contributed by atoms with Crippen LogP contribution in [0.25, 0.3) is 0 Å². The van der Waals surface area contributed by atoms with Crippen molar-refractivity contribution in [2.75, 3.05) is 0 Å². The lowest BCUT2D eigenvalue weighted by Crippen LogP contribution is -1.99. The normalized spacial score (nSPS) is 10.5. The predicted molar refractivity (Wildman–Crippen MR) is 54.4 cm³/mol. The molecule has 1 heterocycles. The average molecular weight is 227 g/mol. The van der Waals surface area contributed by atoms with Gasteiger partial charge in [0.2, 0.25) is 0 Å². The Kier molecular flexibility index (Phi) is 2.60. The van der Waals surface area contributed by atoms with Crippen molar-refractivity contribution in [3.05, 3.63) is 47.0 Å². The number of hydrogen-bond donors (Lipinski definition) is 1. The van der Waals surface area contributed by atoms with Gasteiger partial charge in [0.1, 0.15) is 5.82 Å². The smallest absolute Gasteiger partial charge is 0.153 e. The topological polar surface area (TPSA) is 38.1 Å². The second-order valence-electron chi connectivity index (χ2n) is 3.14. The van der Waals surface area contributed by atoms with Gasteiger partial charge in [0.25, 0.3) is 0 Å². The van der Waals surface area contributed by atoms with Gasteiger partial charge in [-0.25, -0.2) is 4.39 Å². The summed E-state index contributed by atoms with van der Waals surface area (Å²) in [6, 6.07) is 4.47. The minimum atomic E-state index is -0.441. The highest BCUT2D eigenvalue weighted by Crippen LogP contribution is 2.17. The molecule has 15 heavy (non-hydrogen) atoms. The van der Waals surface area contributed by atoms with Crippen LogP contribution in [0.1, 0.15) is 5.56 Å². The average Bonchev–Trinajstić information content (AvgIpc) is 2.58. The summed E-state index contributed by atoms with van der Waals surface area (Å²) in [5.74, 6) is -0.341. The molecular weight excluding hydrogens is 219 g/mol. The molecule has 0 saturated heterocycles. The number of halogens is 2. The van der Waals surface area contributed by atoms with E-state index in [1.165, 1.54) is 24.5 Å². The fourth-order valence-electron chi connectivity index (χ4n) is 1.26. The first kappa shape index (κ1) is 9.98.